The monoisotopic (exact) mass is 152 g/mol. The average molecular weight is 152 g/mol. The van der Waals surface area contributed by atoms with Crippen molar-refractivity contribution >= 4 is 5.78 Å². The Morgan fingerprint density at radius 1 is 1.45 bits per heavy atom. The van der Waals surface area contributed by atoms with Crippen molar-refractivity contribution in [3.63, 3.8) is 0 Å². The van der Waals surface area contributed by atoms with Gasteiger partial charge in [-0.25, -0.2) is 0 Å². The van der Waals surface area contributed by atoms with Crippen LogP contribution >= 0.6 is 0 Å². The van der Waals surface area contributed by atoms with Crippen LogP contribution in [0.1, 0.15) is 6.92 Å². The molecule has 0 N–H and O–H groups in total. The summed E-state index contributed by atoms with van der Waals surface area (Å²) < 4.78 is 5.18. The Hall–Kier alpha value is -0.630. The van der Waals surface area contributed by atoms with Crippen LogP contribution < -0.4 is 0 Å². The Morgan fingerprint density at radius 3 is 2.45 bits per heavy atom. The molecule has 1 aliphatic heterocycles. The molecule has 2 nitrogen and oxygen atoms in total. The lowest BCUT2D eigenvalue weighted by Crippen LogP contribution is -2.09. The number of allylic oxidation sites excluding steroid dienone is 1. The fourth-order valence-corrected chi connectivity index (χ4v) is 1.91. The highest BCUT2D eigenvalue weighted by Gasteiger charge is 2.57. The Kier molecular flexibility index (Phi) is 1.39. The van der Waals surface area contributed by atoms with Crippen LogP contribution in [0.3, 0.4) is 0 Å². The van der Waals surface area contributed by atoms with Crippen LogP contribution in [0.4, 0.5) is 0 Å². The Morgan fingerprint density at radius 2 is 2.00 bits per heavy atom. The zero-order chi connectivity index (χ0) is 8.01. The number of carbonyl (C=O) groups is 1. The van der Waals surface area contributed by atoms with E-state index < -0.39 is 0 Å². The number of hydrogen-bond acceptors (Lipinski definition) is 2. The van der Waals surface area contributed by atoms with E-state index in [9.17, 15) is 4.79 Å². The minimum atomic E-state index is 0.253. The average Bonchev–Trinajstić information content (AvgIpc) is 2.41. The van der Waals surface area contributed by atoms with E-state index in [1.165, 1.54) is 0 Å². The quantitative estimate of drug-likeness (QED) is 0.552. The van der Waals surface area contributed by atoms with Gasteiger partial charge in [-0.05, 0) is 24.3 Å². The maximum atomic E-state index is 11.4. The lowest BCUT2D eigenvalue weighted by molar-refractivity contribution is -0.117. The standard InChI is InChI=1S/C9H12O2/c1-5(2)9(10)8-6-3-11-4-7(6)8/h6-8H,1,3-4H2,2H3. The third-order valence-electron chi connectivity index (χ3n) is 2.68. The molecule has 0 aromatic carbocycles. The zero-order valence-corrected chi connectivity index (χ0v) is 6.67. The number of Topliss-reactive ketones (excluding diaryl/α,β-unsaturated/α-hetero) is 1. The highest BCUT2D eigenvalue weighted by atomic mass is 16.5. The molecule has 1 aliphatic carbocycles. The molecular formula is C9H12O2. The van der Waals surface area contributed by atoms with Crippen LogP contribution in [-0.4, -0.2) is 19.0 Å². The van der Waals surface area contributed by atoms with E-state index in [0.717, 1.165) is 13.2 Å². The summed E-state index contributed by atoms with van der Waals surface area (Å²) in [5, 5.41) is 0. The fraction of sp³-hybridized carbons (Fsp3) is 0.667. The summed E-state index contributed by atoms with van der Waals surface area (Å²) >= 11 is 0. The number of hydrogen-bond donors (Lipinski definition) is 0. The summed E-state index contributed by atoms with van der Waals surface area (Å²) in [6, 6.07) is 0. The molecule has 0 aromatic rings. The maximum Gasteiger partial charge on any atom is 0.161 e. The Balaban J connectivity index is 2.00. The van der Waals surface area contributed by atoms with E-state index in [4.69, 9.17) is 4.74 Å². The van der Waals surface area contributed by atoms with Crippen LogP contribution in [0, 0.1) is 17.8 Å². The van der Waals surface area contributed by atoms with Gasteiger partial charge in [0.2, 0.25) is 0 Å². The number of carbonyl (C=O) groups excluding carboxylic acids is 1. The van der Waals surface area contributed by atoms with Gasteiger partial charge in [0.05, 0.1) is 13.2 Å². The molecule has 2 unspecified atom stereocenters. The minimum absolute atomic E-state index is 0.253. The van der Waals surface area contributed by atoms with Gasteiger partial charge in [0.25, 0.3) is 0 Å². The second-order valence-corrected chi connectivity index (χ2v) is 3.54. The summed E-state index contributed by atoms with van der Waals surface area (Å²) in [4.78, 5) is 11.4. The van der Waals surface area contributed by atoms with Gasteiger partial charge in [-0.1, -0.05) is 6.58 Å². The van der Waals surface area contributed by atoms with Gasteiger partial charge in [-0.3, -0.25) is 4.79 Å². The highest BCUT2D eigenvalue weighted by molar-refractivity contribution is 5.98. The predicted molar refractivity (Wildman–Crippen MR) is 41.1 cm³/mol. The van der Waals surface area contributed by atoms with E-state index in [1.54, 1.807) is 6.92 Å². The van der Waals surface area contributed by atoms with Crippen LogP contribution in [0.5, 0.6) is 0 Å². The van der Waals surface area contributed by atoms with Crippen molar-refractivity contribution in [2.75, 3.05) is 13.2 Å². The predicted octanol–water partition coefficient (Wildman–Crippen LogP) is 1.02. The molecule has 2 rings (SSSR count). The van der Waals surface area contributed by atoms with Gasteiger partial charge in [0, 0.05) is 5.92 Å². The van der Waals surface area contributed by atoms with Gasteiger partial charge in [0.15, 0.2) is 5.78 Å². The van der Waals surface area contributed by atoms with E-state index in [1.807, 2.05) is 0 Å². The molecule has 2 fully saturated rings. The van der Waals surface area contributed by atoms with Gasteiger partial charge >= 0.3 is 0 Å². The first-order valence-electron chi connectivity index (χ1n) is 3.99. The molecular weight excluding hydrogens is 140 g/mol. The number of rotatable bonds is 2. The first-order valence-corrected chi connectivity index (χ1v) is 3.99. The molecule has 0 radical (unpaired) electrons. The second kappa shape index (κ2) is 2.18. The SMILES string of the molecule is C=C(C)C(=O)C1C2COCC21. The second-order valence-electron chi connectivity index (χ2n) is 3.54. The van der Waals surface area contributed by atoms with Crippen molar-refractivity contribution in [3.05, 3.63) is 12.2 Å². The molecule has 0 bridgehead atoms. The van der Waals surface area contributed by atoms with Crippen molar-refractivity contribution in [1.29, 1.82) is 0 Å². The summed E-state index contributed by atoms with van der Waals surface area (Å²) in [5.74, 6) is 1.57. The molecule has 0 spiro atoms. The number of ketones is 1. The molecule has 0 aromatic heterocycles. The number of fused-ring (bicyclic) bond motifs is 1. The molecule has 1 saturated carbocycles. The van der Waals surface area contributed by atoms with Gasteiger partial charge in [0.1, 0.15) is 0 Å². The lowest BCUT2D eigenvalue weighted by atomic mass is 10.1. The summed E-state index contributed by atoms with van der Waals surface area (Å²) in [7, 11) is 0. The number of ether oxygens (including phenoxy) is 1. The molecule has 0 amide bonds. The van der Waals surface area contributed by atoms with E-state index in [2.05, 4.69) is 6.58 Å². The van der Waals surface area contributed by atoms with Gasteiger partial charge in [-0.2, -0.15) is 0 Å². The lowest BCUT2D eigenvalue weighted by Gasteiger charge is -2.01. The van der Waals surface area contributed by atoms with Crippen LogP contribution in [0.15, 0.2) is 12.2 Å². The van der Waals surface area contributed by atoms with Crippen LogP contribution in [0.25, 0.3) is 0 Å². The highest BCUT2D eigenvalue weighted by Crippen LogP contribution is 2.51. The van der Waals surface area contributed by atoms with Crippen molar-refractivity contribution in [3.8, 4) is 0 Å². The largest absolute Gasteiger partial charge is 0.381 e. The van der Waals surface area contributed by atoms with Crippen LogP contribution in [-0.2, 0) is 9.53 Å². The van der Waals surface area contributed by atoms with Crippen molar-refractivity contribution in [1.82, 2.24) is 0 Å². The molecule has 1 heterocycles. The van der Waals surface area contributed by atoms with E-state index in [-0.39, 0.29) is 11.7 Å². The van der Waals surface area contributed by atoms with Crippen molar-refractivity contribution in [2.45, 2.75) is 6.92 Å². The Labute approximate surface area is 66.2 Å². The third kappa shape index (κ3) is 0.932. The summed E-state index contributed by atoms with van der Waals surface area (Å²) in [6.07, 6.45) is 0. The van der Waals surface area contributed by atoms with Crippen molar-refractivity contribution in [2.24, 2.45) is 17.8 Å². The summed E-state index contributed by atoms with van der Waals surface area (Å²) in [5.41, 5.74) is 0.699. The topological polar surface area (TPSA) is 26.3 Å². The molecule has 60 valence electrons. The zero-order valence-electron chi connectivity index (χ0n) is 6.67. The summed E-state index contributed by atoms with van der Waals surface area (Å²) in [6.45, 7) is 7.01. The first kappa shape index (κ1) is 7.04. The van der Waals surface area contributed by atoms with Gasteiger partial charge in [-0.15, -0.1) is 0 Å². The molecule has 2 aliphatic rings. The van der Waals surface area contributed by atoms with Crippen molar-refractivity contribution < 1.29 is 9.53 Å². The van der Waals surface area contributed by atoms with E-state index >= 15 is 0 Å². The smallest absolute Gasteiger partial charge is 0.161 e. The molecule has 2 atom stereocenters. The normalized spacial score (nSPS) is 39.9. The third-order valence-corrected chi connectivity index (χ3v) is 2.68. The maximum absolute atomic E-state index is 11.4. The van der Waals surface area contributed by atoms with Gasteiger partial charge < -0.3 is 4.74 Å². The molecule has 2 heteroatoms. The minimum Gasteiger partial charge on any atom is -0.381 e. The molecule has 11 heavy (non-hydrogen) atoms. The fourth-order valence-electron chi connectivity index (χ4n) is 1.91. The van der Waals surface area contributed by atoms with E-state index in [0.29, 0.717) is 17.4 Å². The van der Waals surface area contributed by atoms with Crippen LogP contribution in [0.2, 0.25) is 0 Å². The molecule has 1 saturated heterocycles. The Bertz CT molecular complexity index is 210. The first-order chi connectivity index (χ1) is 5.22.